The van der Waals surface area contributed by atoms with E-state index in [1.807, 2.05) is 31.4 Å². The number of rotatable bonds is 7. The minimum atomic E-state index is -0.252. The molecule has 0 spiro atoms. The second-order valence-electron chi connectivity index (χ2n) is 6.87. The number of hydrogen-bond acceptors (Lipinski definition) is 5. The molecule has 0 aliphatic heterocycles. The lowest BCUT2D eigenvalue weighted by Crippen LogP contribution is -2.28. The number of oxazole rings is 1. The van der Waals surface area contributed by atoms with Gasteiger partial charge in [0, 0.05) is 6.54 Å². The summed E-state index contributed by atoms with van der Waals surface area (Å²) in [5, 5.41) is 7.64. The lowest BCUT2D eigenvalue weighted by Gasteiger charge is -2.12. The van der Waals surface area contributed by atoms with E-state index in [0.717, 1.165) is 4.88 Å². The highest BCUT2D eigenvalue weighted by atomic mass is 32.1. The minimum Gasteiger partial charge on any atom is -0.440 e. The third kappa shape index (κ3) is 4.86. The third-order valence-corrected chi connectivity index (χ3v) is 4.93. The normalized spacial score (nSPS) is 10.9. The summed E-state index contributed by atoms with van der Waals surface area (Å²) in [6.45, 7) is 6.42. The van der Waals surface area contributed by atoms with E-state index in [1.165, 1.54) is 11.3 Å². The standard InChI is InChI=1S/C21H23N3O3S/c1-13(2)12-22-20(26)15-7-4-5-8-16(15)23-19(25)11-17-14(3)27-21(24-17)18-9-6-10-28-18/h4-10,13H,11-12H2,1-3H3,(H,22,26)(H,23,25). The van der Waals surface area contributed by atoms with Gasteiger partial charge in [-0.05, 0) is 36.4 Å². The first-order valence-corrected chi connectivity index (χ1v) is 9.99. The largest absolute Gasteiger partial charge is 0.440 e. The summed E-state index contributed by atoms with van der Waals surface area (Å²) in [5.41, 5.74) is 1.50. The van der Waals surface area contributed by atoms with Gasteiger partial charge in [-0.25, -0.2) is 4.98 Å². The second kappa shape index (κ2) is 8.84. The molecule has 1 aromatic carbocycles. The fourth-order valence-corrected chi connectivity index (χ4v) is 3.28. The predicted molar refractivity (Wildman–Crippen MR) is 110 cm³/mol. The Hall–Kier alpha value is -2.93. The van der Waals surface area contributed by atoms with Crippen molar-refractivity contribution in [3.8, 4) is 10.8 Å². The van der Waals surface area contributed by atoms with Crippen molar-refractivity contribution >= 4 is 28.8 Å². The molecule has 0 fully saturated rings. The van der Waals surface area contributed by atoms with E-state index in [1.54, 1.807) is 31.2 Å². The number of aryl methyl sites for hydroxylation is 1. The molecule has 2 N–H and O–H groups in total. The first kappa shape index (κ1) is 19.8. The molecule has 0 saturated heterocycles. The predicted octanol–water partition coefficient (Wildman–Crippen LogP) is 4.28. The van der Waals surface area contributed by atoms with Gasteiger partial charge < -0.3 is 15.1 Å². The van der Waals surface area contributed by atoms with E-state index in [2.05, 4.69) is 15.6 Å². The van der Waals surface area contributed by atoms with Gasteiger partial charge in [-0.1, -0.05) is 32.0 Å². The van der Waals surface area contributed by atoms with E-state index in [4.69, 9.17) is 4.42 Å². The molecule has 0 saturated carbocycles. The fourth-order valence-electron chi connectivity index (χ4n) is 2.63. The van der Waals surface area contributed by atoms with Crippen molar-refractivity contribution < 1.29 is 14.0 Å². The number of amides is 2. The molecule has 0 aliphatic carbocycles. The van der Waals surface area contributed by atoms with Crippen LogP contribution >= 0.6 is 11.3 Å². The molecule has 0 bridgehead atoms. The number of para-hydroxylation sites is 1. The summed E-state index contributed by atoms with van der Waals surface area (Å²) >= 11 is 1.53. The van der Waals surface area contributed by atoms with Crippen LogP contribution in [0.1, 0.15) is 35.7 Å². The monoisotopic (exact) mass is 397 g/mol. The van der Waals surface area contributed by atoms with E-state index >= 15 is 0 Å². The Morgan fingerprint density at radius 2 is 1.96 bits per heavy atom. The Bertz CT molecular complexity index is 961. The first-order valence-electron chi connectivity index (χ1n) is 9.11. The van der Waals surface area contributed by atoms with Crippen molar-refractivity contribution in [2.45, 2.75) is 27.2 Å². The van der Waals surface area contributed by atoms with Crippen LogP contribution in [0.25, 0.3) is 10.8 Å². The molecule has 0 aliphatic rings. The maximum absolute atomic E-state index is 12.5. The Labute approximate surface area is 168 Å². The summed E-state index contributed by atoms with van der Waals surface area (Å²) in [4.78, 5) is 30.3. The molecular formula is C21H23N3O3S. The number of nitrogens with one attached hydrogen (secondary N) is 2. The van der Waals surface area contributed by atoms with Gasteiger partial charge in [-0.3, -0.25) is 9.59 Å². The van der Waals surface area contributed by atoms with Gasteiger partial charge in [-0.15, -0.1) is 11.3 Å². The van der Waals surface area contributed by atoms with Crippen LogP contribution < -0.4 is 10.6 Å². The van der Waals surface area contributed by atoms with Crippen LogP contribution in [0.5, 0.6) is 0 Å². The smallest absolute Gasteiger partial charge is 0.253 e. The number of carbonyl (C=O) groups excluding carboxylic acids is 2. The van der Waals surface area contributed by atoms with E-state index in [0.29, 0.717) is 41.1 Å². The zero-order chi connectivity index (χ0) is 20.1. The van der Waals surface area contributed by atoms with Crippen LogP contribution in [0.15, 0.2) is 46.2 Å². The average Bonchev–Trinajstić information content (AvgIpc) is 3.30. The molecule has 28 heavy (non-hydrogen) atoms. The van der Waals surface area contributed by atoms with E-state index in [9.17, 15) is 9.59 Å². The van der Waals surface area contributed by atoms with Gasteiger partial charge >= 0.3 is 0 Å². The summed E-state index contributed by atoms with van der Waals surface area (Å²) in [5.74, 6) is 1.02. The number of thiophene rings is 1. The van der Waals surface area contributed by atoms with Gasteiger partial charge in [0.05, 0.1) is 28.2 Å². The van der Waals surface area contributed by atoms with Crippen molar-refractivity contribution in [1.82, 2.24) is 10.3 Å². The molecule has 0 unspecified atom stereocenters. The highest BCUT2D eigenvalue weighted by Gasteiger charge is 2.17. The molecule has 7 heteroatoms. The summed E-state index contributed by atoms with van der Waals surface area (Å²) in [6, 6.07) is 10.8. The van der Waals surface area contributed by atoms with Crippen molar-refractivity contribution in [3.05, 3.63) is 58.8 Å². The topological polar surface area (TPSA) is 84.2 Å². The number of carbonyl (C=O) groups is 2. The van der Waals surface area contributed by atoms with Gasteiger partial charge in [0.15, 0.2) is 0 Å². The second-order valence-corrected chi connectivity index (χ2v) is 7.82. The van der Waals surface area contributed by atoms with Gasteiger partial charge in [0.2, 0.25) is 11.8 Å². The van der Waals surface area contributed by atoms with Gasteiger partial charge in [0.1, 0.15) is 5.76 Å². The summed E-state index contributed by atoms with van der Waals surface area (Å²) in [7, 11) is 0. The lowest BCUT2D eigenvalue weighted by molar-refractivity contribution is -0.115. The van der Waals surface area contributed by atoms with Crippen LogP contribution in [0.4, 0.5) is 5.69 Å². The summed E-state index contributed by atoms with van der Waals surface area (Å²) < 4.78 is 5.68. The first-order chi connectivity index (χ1) is 13.4. The molecule has 3 aromatic rings. The zero-order valence-electron chi connectivity index (χ0n) is 16.1. The molecule has 146 valence electrons. The highest BCUT2D eigenvalue weighted by molar-refractivity contribution is 7.13. The minimum absolute atomic E-state index is 0.0721. The SMILES string of the molecule is Cc1oc(-c2cccs2)nc1CC(=O)Nc1ccccc1C(=O)NCC(C)C. The Kier molecular flexibility index (Phi) is 6.26. The highest BCUT2D eigenvalue weighted by Crippen LogP contribution is 2.26. The molecule has 6 nitrogen and oxygen atoms in total. The van der Waals surface area contributed by atoms with Crippen molar-refractivity contribution in [3.63, 3.8) is 0 Å². The number of aromatic nitrogens is 1. The van der Waals surface area contributed by atoms with Crippen LogP contribution in [-0.4, -0.2) is 23.3 Å². The van der Waals surface area contributed by atoms with Crippen LogP contribution in [0, 0.1) is 12.8 Å². The van der Waals surface area contributed by atoms with Crippen molar-refractivity contribution in [2.75, 3.05) is 11.9 Å². The Morgan fingerprint density at radius 3 is 2.68 bits per heavy atom. The number of benzene rings is 1. The molecule has 2 aromatic heterocycles. The molecule has 0 atom stereocenters. The maximum atomic E-state index is 12.5. The maximum Gasteiger partial charge on any atom is 0.253 e. The van der Waals surface area contributed by atoms with Crippen molar-refractivity contribution in [2.24, 2.45) is 5.92 Å². The number of hydrogen-bond donors (Lipinski definition) is 2. The third-order valence-electron chi connectivity index (χ3n) is 4.07. The molecule has 3 rings (SSSR count). The van der Waals surface area contributed by atoms with E-state index in [-0.39, 0.29) is 18.2 Å². The number of anilines is 1. The lowest BCUT2D eigenvalue weighted by atomic mass is 10.1. The van der Waals surface area contributed by atoms with Crippen LogP contribution in [0.3, 0.4) is 0 Å². The van der Waals surface area contributed by atoms with Gasteiger partial charge in [0.25, 0.3) is 5.91 Å². The summed E-state index contributed by atoms with van der Waals surface area (Å²) in [6.07, 6.45) is 0.0721. The molecular weight excluding hydrogens is 374 g/mol. The van der Waals surface area contributed by atoms with Crippen molar-refractivity contribution in [1.29, 1.82) is 0 Å². The van der Waals surface area contributed by atoms with Crippen LogP contribution in [0.2, 0.25) is 0 Å². The zero-order valence-corrected chi connectivity index (χ0v) is 16.9. The number of nitrogens with zero attached hydrogens (tertiary/aromatic N) is 1. The van der Waals surface area contributed by atoms with Gasteiger partial charge in [-0.2, -0.15) is 0 Å². The fraction of sp³-hybridized carbons (Fsp3) is 0.286. The molecule has 2 amide bonds. The molecule has 0 radical (unpaired) electrons. The Balaban J connectivity index is 1.70. The quantitative estimate of drug-likeness (QED) is 0.623. The Morgan fingerprint density at radius 1 is 1.18 bits per heavy atom. The molecule has 2 heterocycles. The van der Waals surface area contributed by atoms with Crippen LogP contribution in [-0.2, 0) is 11.2 Å². The van der Waals surface area contributed by atoms with E-state index < -0.39 is 0 Å². The average molecular weight is 398 g/mol.